The second kappa shape index (κ2) is 6.91. The van der Waals surface area contributed by atoms with E-state index in [9.17, 15) is 4.79 Å². The van der Waals surface area contributed by atoms with Crippen molar-refractivity contribution in [3.63, 3.8) is 0 Å². The average Bonchev–Trinajstić information content (AvgIpc) is 2.37. The highest BCUT2D eigenvalue weighted by Crippen LogP contribution is 2.05. The van der Waals surface area contributed by atoms with E-state index in [1.165, 1.54) is 5.56 Å². The lowest BCUT2D eigenvalue weighted by Gasteiger charge is -2.10. The molecule has 2 N–H and O–H groups in total. The molecule has 1 aromatic carbocycles. The summed E-state index contributed by atoms with van der Waals surface area (Å²) in [5.41, 5.74) is 8.63. The summed E-state index contributed by atoms with van der Waals surface area (Å²) in [6.45, 7) is 6.39. The first-order chi connectivity index (χ1) is 8.54. The van der Waals surface area contributed by atoms with Gasteiger partial charge in [0.15, 0.2) is 0 Å². The minimum atomic E-state index is -0.768. The van der Waals surface area contributed by atoms with Crippen LogP contribution in [0.4, 0.5) is 0 Å². The van der Waals surface area contributed by atoms with Gasteiger partial charge >= 0.3 is 5.97 Å². The molecule has 0 heterocycles. The minimum absolute atomic E-state index is 0.331. The number of carbonyl (C=O) groups excluding carboxylic acids is 1. The monoisotopic (exact) mass is 248 g/mol. The molecule has 1 rings (SSSR count). The summed E-state index contributed by atoms with van der Waals surface area (Å²) in [6.07, 6.45) is 0. The number of benzene rings is 1. The number of aryl methyl sites for hydroxylation is 1. The number of rotatable bonds is 5. The molecule has 0 fully saturated rings. The van der Waals surface area contributed by atoms with Crippen molar-refractivity contribution in [1.29, 1.82) is 0 Å². The van der Waals surface area contributed by atoms with Crippen molar-refractivity contribution in [2.45, 2.75) is 33.4 Å². The topological polar surface area (TPSA) is 64.7 Å². The third-order valence-corrected chi connectivity index (χ3v) is 2.62. The lowest BCUT2D eigenvalue weighted by atomic mass is 10.1. The maximum absolute atomic E-state index is 11.4. The fourth-order valence-electron chi connectivity index (χ4n) is 1.41. The summed E-state index contributed by atoms with van der Waals surface area (Å²) in [6, 6.07) is 7.33. The van der Waals surface area contributed by atoms with Crippen LogP contribution in [0.5, 0.6) is 0 Å². The number of nitrogens with zero attached hydrogens (tertiary/aromatic N) is 1. The summed E-state index contributed by atoms with van der Waals surface area (Å²) in [5.74, 6) is -0.428. The Morgan fingerprint density at radius 3 is 2.56 bits per heavy atom. The van der Waals surface area contributed by atoms with Gasteiger partial charge in [-0.05, 0) is 26.3 Å². The van der Waals surface area contributed by atoms with Gasteiger partial charge in [0.05, 0.1) is 13.2 Å². The molecule has 0 radical (unpaired) electrons. The maximum Gasteiger partial charge on any atom is 0.328 e. The van der Waals surface area contributed by atoms with Crippen LogP contribution in [-0.2, 0) is 16.1 Å². The number of aliphatic imine (C=N–C) groups is 1. The van der Waals surface area contributed by atoms with E-state index in [1.807, 2.05) is 31.2 Å². The fourth-order valence-corrected chi connectivity index (χ4v) is 1.41. The van der Waals surface area contributed by atoms with Crippen LogP contribution in [0.25, 0.3) is 0 Å². The molecular weight excluding hydrogens is 228 g/mol. The van der Waals surface area contributed by atoms with Crippen LogP contribution >= 0.6 is 0 Å². The smallest absolute Gasteiger partial charge is 0.328 e. The van der Waals surface area contributed by atoms with Crippen LogP contribution in [0.1, 0.15) is 25.0 Å². The Labute approximate surface area is 108 Å². The molecule has 1 atom stereocenters. The summed E-state index contributed by atoms with van der Waals surface area (Å²) < 4.78 is 4.85. The normalized spacial score (nSPS) is 13.2. The number of hydrogen-bond donors (Lipinski definition) is 1. The van der Waals surface area contributed by atoms with E-state index in [-0.39, 0.29) is 0 Å². The maximum atomic E-state index is 11.4. The number of ether oxygens (including phenoxy) is 1. The van der Waals surface area contributed by atoms with Gasteiger partial charge in [-0.15, -0.1) is 0 Å². The predicted octanol–water partition coefficient (Wildman–Crippen LogP) is 1.85. The van der Waals surface area contributed by atoms with Gasteiger partial charge in [0.2, 0.25) is 0 Å². The molecule has 1 unspecified atom stereocenters. The molecule has 0 aliphatic carbocycles. The molecule has 0 saturated carbocycles. The highest BCUT2D eigenvalue weighted by atomic mass is 16.5. The SMILES string of the molecule is CCOC(=O)C(N)C(C)=NCc1ccc(C)cc1. The van der Waals surface area contributed by atoms with E-state index >= 15 is 0 Å². The standard InChI is InChI=1S/C14H20N2O2/c1-4-18-14(17)13(15)11(3)16-9-12-7-5-10(2)6-8-12/h5-8,13H,4,9,15H2,1-3H3. The molecule has 0 aliphatic heterocycles. The van der Waals surface area contributed by atoms with Gasteiger partial charge in [-0.2, -0.15) is 0 Å². The van der Waals surface area contributed by atoms with Gasteiger partial charge in [-0.25, -0.2) is 4.79 Å². The van der Waals surface area contributed by atoms with Crippen molar-refractivity contribution in [3.8, 4) is 0 Å². The lowest BCUT2D eigenvalue weighted by Crippen LogP contribution is -2.38. The first-order valence-electron chi connectivity index (χ1n) is 6.03. The van der Waals surface area contributed by atoms with E-state index in [4.69, 9.17) is 10.5 Å². The Bertz CT molecular complexity index is 424. The zero-order valence-corrected chi connectivity index (χ0v) is 11.1. The van der Waals surface area contributed by atoms with Crippen molar-refractivity contribution < 1.29 is 9.53 Å². The molecule has 0 amide bonds. The van der Waals surface area contributed by atoms with Gasteiger partial charge in [0.1, 0.15) is 6.04 Å². The molecular formula is C14H20N2O2. The zero-order valence-electron chi connectivity index (χ0n) is 11.1. The van der Waals surface area contributed by atoms with E-state index < -0.39 is 12.0 Å². The van der Waals surface area contributed by atoms with Crippen LogP contribution in [-0.4, -0.2) is 24.3 Å². The van der Waals surface area contributed by atoms with Crippen molar-refractivity contribution in [1.82, 2.24) is 0 Å². The second-order valence-electron chi connectivity index (χ2n) is 4.17. The zero-order chi connectivity index (χ0) is 13.5. The van der Waals surface area contributed by atoms with E-state index in [1.54, 1.807) is 13.8 Å². The first-order valence-corrected chi connectivity index (χ1v) is 6.03. The Morgan fingerprint density at radius 2 is 2.00 bits per heavy atom. The van der Waals surface area contributed by atoms with Gasteiger partial charge in [-0.3, -0.25) is 4.99 Å². The van der Waals surface area contributed by atoms with Crippen molar-refractivity contribution in [3.05, 3.63) is 35.4 Å². The quantitative estimate of drug-likeness (QED) is 0.639. The lowest BCUT2D eigenvalue weighted by molar-refractivity contribution is -0.142. The molecule has 0 spiro atoms. The van der Waals surface area contributed by atoms with Gasteiger partial charge in [-0.1, -0.05) is 29.8 Å². The third kappa shape index (κ3) is 4.30. The van der Waals surface area contributed by atoms with Crippen LogP contribution in [0.3, 0.4) is 0 Å². The highest BCUT2D eigenvalue weighted by molar-refractivity contribution is 6.04. The summed E-state index contributed by atoms with van der Waals surface area (Å²) in [5, 5.41) is 0. The summed E-state index contributed by atoms with van der Waals surface area (Å²) >= 11 is 0. The largest absolute Gasteiger partial charge is 0.465 e. The van der Waals surface area contributed by atoms with Gasteiger partial charge < -0.3 is 10.5 Å². The predicted molar refractivity (Wildman–Crippen MR) is 72.6 cm³/mol. The second-order valence-corrected chi connectivity index (χ2v) is 4.17. The molecule has 0 bridgehead atoms. The number of nitrogens with two attached hydrogens (primary N) is 1. The fraction of sp³-hybridized carbons (Fsp3) is 0.429. The molecule has 1 aromatic rings. The van der Waals surface area contributed by atoms with Gasteiger partial charge in [0.25, 0.3) is 0 Å². The van der Waals surface area contributed by atoms with E-state index in [0.29, 0.717) is 18.9 Å². The Morgan fingerprint density at radius 1 is 1.39 bits per heavy atom. The highest BCUT2D eigenvalue weighted by Gasteiger charge is 2.17. The number of hydrogen-bond acceptors (Lipinski definition) is 4. The molecule has 98 valence electrons. The molecule has 0 saturated heterocycles. The first kappa shape index (κ1) is 14.4. The molecule has 4 nitrogen and oxygen atoms in total. The third-order valence-electron chi connectivity index (χ3n) is 2.62. The number of esters is 1. The molecule has 0 aromatic heterocycles. The average molecular weight is 248 g/mol. The van der Waals surface area contributed by atoms with Crippen LogP contribution in [0.2, 0.25) is 0 Å². The van der Waals surface area contributed by atoms with Crippen LogP contribution in [0, 0.1) is 6.92 Å². The minimum Gasteiger partial charge on any atom is -0.465 e. The van der Waals surface area contributed by atoms with Crippen molar-refractivity contribution in [2.75, 3.05) is 6.61 Å². The van der Waals surface area contributed by atoms with Crippen LogP contribution < -0.4 is 5.73 Å². The van der Waals surface area contributed by atoms with Gasteiger partial charge in [0, 0.05) is 5.71 Å². The summed E-state index contributed by atoms with van der Waals surface area (Å²) in [7, 11) is 0. The molecule has 0 aliphatic rings. The number of carbonyl (C=O) groups is 1. The van der Waals surface area contributed by atoms with Crippen molar-refractivity contribution >= 4 is 11.7 Å². The Hall–Kier alpha value is -1.68. The Kier molecular flexibility index (Phi) is 5.52. The molecule has 18 heavy (non-hydrogen) atoms. The molecule has 4 heteroatoms. The van der Waals surface area contributed by atoms with E-state index in [2.05, 4.69) is 4.99 Å². The van der Waals surface area contributed by atoms with E-state index in [0.717, 1.165) is 5.56 Å². The van der Waals surface area contributed by atoms with Crippen molar-refractivity contribution in [2.24, 2.45) is 10.7 Å². The Balaban J connectivity index is 2.61. The summed E-state index contributed by atoms with van der Waals surface area (Å²) in [4.78, 5) is 15.7. The van der Waals surface area contributed by atoms with Crippen LogP contribution in [0.15, 0.2) is 29.3 Å².